The third-order valence-electron chi connectivity index (χ3n) is 4.45. The summed E-state index contributed by atoms with van der Waals surface area (Å²) in [6.07, 6.45) is 4.39. The summed E-state index contributed by atoms with van der Waals surface area (Å²) in [5.41, 5.74) is 1.64. The van der Waals surface area contributed by atoms with Crippen molar-refractivity contribution < 1.29 is 4.79 Å². The van der Waals surface area contributed by atoms with Crippen LogP contribution in [0.25, 0.3) is 0 Å². The summed E-state index contributed by atoms with van der Waals surface area (Å²) in [7, 11) is 0. The number of carbonyl (C=O) groups excluding carboxylic acids is 1. The van der Waals surface area contributed by atoms with E-state index in [0.717, 1.165) is 31.7 Å². The Kier molecular flexibility index (Phi) is 4.80. The molecule has 6 nitrogen and oxygen atoms in total. The number of hydrogen-bond acceptors (Lipinski definition) is 4. The highest BCUT2D eigenvalue weighted by Crippen LogP contribution is 2.21. The van der Waals surface area contributed by atoms with Crippen molar-refractivity contribution in [2.75, 3.05) is 31.1 Å². The number of benzene rings is 1. The smallest absolute Gasteiger partial charge is 0.247 e. The highest BCUT2D eigenvalue weighted by molar-refractivity contribution is 5.80. The van der Waals surface area contributed by atoms with E-state index >= 15 is 0 Å². The first-order chi connectivity index (χ1) is 11.7. The molecule has 0 radical (unpaired) electrons. The number of nitrogens with zero attached hydrogens (tertiary/aromatic N) is 5. The number of hydrogen-bond donors (Lipinski definition) is 0. The first kappa shape index (κ1) is 16.1. The van der Waals surface area contributed by atoms with Crippen LogP contribution in [0.1, 0.15) is 24.9 Å². The van der Waals surface area contributed by atoms with E-state index in [4.69, 9.17) is 0 Å². The van der Waals surface area contributed by atoms with Gasteiger partial charge in [0.15, 0.2) is 0 Å². The predicted molar refractivity (Wildman–Crippen MR) is 91.5 cm³/mol. The molecule has 0 bridgehead atoms. The Hall–Kier alpha value is -2.81. The lowest BCUT2D eigenvalue weighted by atomic mass is 10.1. The van der Waals surface area contributed by atoms with Crippen molar-refractivity contribution in [3.8, 4) is 6.07 Å². The molecule has 1 fully saturated rings. The molecule has 2 heterocycles. The van der Waals surface area contributed by atoms with E-state index in [1.807, 2.05) is 48.4 Å². The molecular formula is C18H21N5O. The van der Waals surface area contributed by atoms with Crippen LogP contribution in [-0.4, -0.2) is 46.8 Å². The average molecular weight is 323 g/mol. The van der Waals surface area contributed by atoms with Crippen LogP contribution in [0.4, 0.5) is 5.69 Å². The highest BCUT2D eigenvalue weighted by atomic mass is 16.2. The molecule has 1 aromatic heterocycles. The van der Waals surface area contributed by atoms with E-state index in [1.165, 1.54) is 0 Å². The second-order valence-corrected chi connectivity index (χ2v) is 5.96. The monoisotopic (exact) mass is 323 g/mol. The lowest BCUT2D eigenvalue weighted by Crippen LogP contribution is -2.39. The molecule has 124 valence electrons. The third kappa shape index (κ3) is 3.25. The van der Waals surface area contributed by atoms with E-state index in [2.05, 4.69) is 16.1 Å². The molecule has 3 rings (SSSR count). The van der Waals surface area contributed by atoms with Crippen molar-refractivity contribution in [1.29, 1.82) is 5.26 Å². The van der Waals surface area contributed by atoms with E-state index < -0.39 is 0 Å². The normalized spacial score (nSPS) is 16.3. The second kappa shape index (κ2) is 7.18. The van der Waals surface area contributed by atoms with Gasteiger partial charge in [-0.2, -0.15) is 10.4 Å². The van der Waals surface area contributed by atoms with Gasteiger partial charge in [-0.15, -0.1) is 0 Å². The summed E-state index contributed by atoms with van der Waals surface area (Å²) in [5, 5.41) is 13.5. The van der Waals surface area contributed by atoms with Crippen LogP contribution < -0.4 is 4.90 Å². The Morgan fingerprint density at radius 3 is 2.79 bits per heavy atom. The summed E-state index contributed by atoms with van der Waals surface area (Å²) in [6.45, 7) is 4.84. The molecule has 1 aliphatic heterocycles. The molecular weight excluding hydrogens is 302 g/mol. The fourth-order valence-electron chi connectivity index (χ4n) is 3.11. The average Bonchev–Trinajstić information content (AvgIpc) is 3.05. The zero-order valence-corrected chi connectivity index (χ0v) is 13.8. The number of carbonyl (C=O) groups is 1. The van der Waals surface area contributed by atoms with Gasteiger partial charge in [0.25, 0.3) is 0 Å². The standard InChI is InChI=1S/C18H21N5O/c1-15(23-11-4-8-20-23)18(24)22-10-5-9-21(12-13-22)17-7-3-2-6-16(17)14-19/h2-4,6-8,11,15H,5,9-10,12-13H2,1H3/t15-/m0/s1. The van der Waals surface area contributed by atoms with Crippen molar-refractivity contribution in [2.24, 2.45) is 0 Å². The maximum atomic E-state index is 12.7. The number of aromatic nitrogens is 2. The van der Waals surface area contributed by atoms with Crippen LogP contribution in [0.3, 0.4) is 0 Å². The van der Waals surface area contributed by atoms with Crippen LogP contribution >= 0.6 is 0 Å². The summed E-state index contributed by atoms with van der Waals surface area (Å²) in [4.78, 5) is 16.8. The highest BCUT2D eigenvalue weighted by Gasteiger charge is 2.25. The molecule has 1 atom stereocenters. The topological polar surface area (TPSA) is 65.2 Å². The minimum Gasteiger partial charge on any atom is -0.369 e. The fourth-order valence-corrected chi connectivity index (χ4v) is 3.11. The van der Waals surface area contributed by atoms with Crippen LogP contribution in [0.2, 0.25) is 0 Å². The van der Waals surface area contributed by atoms with Crippen molar-refractivity contribution in [1.82, 2.24) is 14.7 Å². The SMILES string of the molecule is C[C@@H](C(=O)N1CCCN(c2ccccc2C#N)CC1)n1cccn1. The zero-order chi connectivity index (χ0) is 16.9. The fraction of sp³-hybridized carbons (Fsp3) is 0.389. The molecule has 24 heavy (non-hydrogen) atoms. The lowest BCUT2D eigenvalue weighted by molar-refractivity contribution is -0.134. The van der Waals surface area contributed by atoms with Gasteiger partial charge in [-0.1, -0.05) is 12.1 Å². The number of para-hydroxylation sites is 1. The van der Waals surface area contributed by atoms with Crippen molar-refractivity contribution in [3.05, 3.63) is 48.3 Å². The molecule has 1 aromatic carbocycles. The van der Waals surface area contributed by atoms with Gasteiger partial charge in [0.2, 0.25) is 5.91 Å². The van der Waals surface area contributed by atoms with E-state index in [9.17, 15) is 10.1 Å². The van der Waals surface area contributed by atoms with Crippen molar-refractivity contribution in [3.63, 3.8) is 0 Å². The van der Waals surface area contributed by atoms with Crippen LogP contribution in [0.15, 0.2) is 42.7 Å². The molecule has 6 heteroatoms. The zero-order valence-electron chi connectivity index (χ0n) is 13.8. The minimum atomic E-state index is -0.294. The summed E-state index contributed by atoms with van der Waals surface area (Å²) < 4.78 is 1.69. The Labute approximate surface area is 141 Å². The van der Waals surface area contributed by atoms with Gasteiger partial charge in [0, 0.05) is 38.6 Å². The first-order valence-corrected chi connectivity index (χ1v) is 8.22. The van der Waals surface area contributed by atoms with Crippen LogP contribution in [0.5, 0.6) is 0 Å². The van der Waals surface area contributed by atoms with Crippen LogP contribution in [0, 0.1) is 11.3 Å². The lowest BCUT2D eigenvalue weighted by Gasteiger charge is -2.26. The summed E-state index contributed by atoms with van der Waals surface area (Å²) in [5.74, 6) is 0.0918. The Bertz CT molecular complexity index is 734. The van der Waals surface area contributed by atoms with Gasteiger partial charge in [-0.3, -0.25) is 9.48 Å². The quantitative estimate of drug-likeness (QED) is 0.867. The molecule has 0 spiro atoms. The number of rotatable bonds is 3. The Balaban J connectivity index is 1.69. The Morgan fingerprint density at radius 2 is 2.04 bits per heavy atom. The summed E-state index contributed by atoms with van der Waals surface area (Å²) >= 11 is 0. The summed E-state index contributed by atoms with van der Waals surface area (Å²) in [6, 6.07) is 11.4. The van der Waals surface area contributed by atoms with E-state index in [1.54, 1.807) is 10.9 Å². The Morgan fingerprint density at radius 1 is 1.21 bits per heavy atom. The van der Waals surface area contributed by atoms with E-state index in [0.29, 0.717) is 12.1 Å². The molecule has 0 aliphatic carbocycles. The molecule has 0 unspecified atom stereocenters. The maximum Gasteiger partial charge on any atom is 0.247 e. The molecule has 1 aliphatic rings. The maximum absolute atomic E-state index is 12.7. The number of anilines is 1. The van der Waals surface area contributed by atoms with Gasteiger partial charge < -0.3 is 9.80 Å². The van der Waals surface area contributed by atoms with Crippen LogP contribution in [-0.2, 0) is 4.79 Å². The molecule has 0 saturated carbocycles. The van der Waals surface area contributed by atoms with Gasteiger partial charge in [0.1, 0.15) is 12.1 Å². The van der Waals surface area contributed by atoms with E-state index in [-0.39, 0.29) is 11.9 Å². The van der Waals surface area contributed by atoms with Crippen molar-refractivity contribution in [2.45, 2.75) is 19.4 Å². The minimum absolute atomic E-state index is 0.0918. The number of nitriles is 1. The molecule has 1 saturated heterocycles. The number of amides is 1. The van der Waals surface area contributed by atoms with Gasteiger partial charge in [-0.25, -0.2) is 0 Å². The largest absolute Gasteiger partial charge is 0.369 e. The van der Waals surface area contributed by atoms with Gasteiger partial charge >= 0.3 is 0 Å². The van der Waals surface area contributed by atoms with Gasteiger partial charge in [0.05, 0.1) is 11.3 Å². The first-order valence-electron chi connectivity index (χ1n) is 8.22. The molecule has 2 aromatic rings. The molecule has 0 N–H and O–H groups in total. The molecule has 1 amide bonds. The second-order valence-electron chi connectivity index (χ2n) is 5.96. The van der Waals surface area contributed by atoms with Crippen molar-refractivity contribution >= 4 is 11.6 Å². The third-order valence-corrected chi connectivity index (χ3v) is 4.45. The van der Waals surface area contributed by atoms with Gasteiger partial charge in [-0.05, 0) is 31.5 Å². The predicted octanol–water partition coefficient (Wildman–Crippen LogP) is 2.05.